The summed E-state index contributed by atoms with van der Waals surface area (Å²) in [5, 5.41) is 19.3. The van der Waals surface area contributed by atoms with E-state index in [1.54, 1.807) is 13.8 Å². The SMILES string of the molecule is CC(O)NC(C)O.[Ni]. The van der Waals surface area contributed by atoms with Crippen molar-refractivity contribution < 1.29 is 26.7 Å². The minimum atomic E-state index is -0.625. The van der Waals surface area contributed by atoms with Gasteiger partial charge in [0.25, 0.3) is 0 Å². The number of hydrogen-bond donors (Lipinski definition) is 3. The Morgan fingerprint density at radius 3 is 1.38 bits per heavy atom. The van der Waals surface area contributed by atoms with Gasteiger partial charge in [-0.05, 0) is 13.8 Å². The first-order valence-corrected chi connectivity index (χ1v) is 2.25. The van der Waals surface area contributed by atoms with E-state index in [9.17, 15) is 0 Å². The topological polar surface area (TPSA) is 52.5 Å². The van der Waals surface area contributed by atoms with Gasteiger partial charge in [-0.3, -0.25) is 5.32 Å². The fourth-order valence-corrected chi connectivity index (χ4v) is 0.349. The maximum Gasteiger partial charge on any atom is 0.103 e. The second-order valence-corrected chi connectivity index (χ2v) is 1.52. The Bertz CT molecular complexity index is 43.3. The van der Waals surface area contributed by atoms with Gasteiger partial charge in [0, 0.05) is 16.5 Å². The summed E-state index contributed by atoms with van der Waals surface area (Å²) >= 11 is 0. The van der Waals surface area contributed by atoms with Crippen LogP contribution in [-0.4, -0.2) is 22.7 Å². The quantitative estimate of drug-likeness (QED) is 0.371. The van der Waals surface area contributed by atoms with Gasteiger partial charge in [0.05, 0.1) is 0 Å². The number of nitrogens with one attached hydrogen (secondary N) is 1. The smallest absolute Gasteiger partial charge is 0.103 e. The van der Waals surface area contributed by atoms with Crippen LogP contribution in [-0.2, 0) is 16.5 Å². The number of aliphatic hydroxyl groups is 2. The fraction of sp³-hybridized carbons (Fsp3) is 1.00. The molecule has 0 spiro atoms. The van der Waals surface area contributed by atoms with E-state index in [0.717, 1.165) is 0 Å². The first kappa shape index (κ1) is 11.2. The molecule has 54 valence electrons. The summed E-state index contributed by atoms with van der Waals surface area (Å²) in [5.41, 5.74) is 0. The maximum atomic E-state index is 8.45. The van der Waals surface area contributed by atoms with Crippen LogP contribution < -0.4 is 5.32 Å². The minimum absolute atomic E-state index is 0. The van der Waals surface area contributed by atoms with Crippen LogP contribution in [0.5, 0.6) is 0 Å². The van der Waals surface area contributed by atoms with Crippen molar-refractivity contribution in [2.75, 3.05) is 0 Å². The molecule has 0 amide bonds. The monoisotopic (exact) mass is 163 g/mol. The zero-order valence-corrected chi connectivity index (χ0v) is 5.85. The summed E-state index contributed by atoms with van der Waals surface area (Å²) in [7, 11) is 0. The molecule has 4 heteroatoms. The molecule has 0 aliphatic carbocycles. The molecule has 0 saturated carbocycles. The van der Waals surface area contributed by atoms with Crippen LogP contribution in [0.15, 0.2) is 0 Å². The predicted molar refractivity (Wildman–Crippen MR) is 26.5 cm³/mol. The standard InChI is InChI=1S/C4H11NO2.Ni/c1-3(6)5-4(2)7;/h3-7H,1-2H3;. The van der Waals surface area contributed by atoms with Crippen molar-refractivity contribution in [1.29, 1.82) is 0 Å². The summed E-state index contributed by atoms with van der Waals surface area (Å²) in [4.78, 5) is 0. The van der Waals surface area contributed by atoms with Crippen LogP contribution >= 0.6 is 0 Å². The molecule has 0 aliphatic rings. The van der Waals surface area contributed by atoms with Crippen LogP contribution in [0.1, 0.15) is 13.8 Å². The van der Waals surface area contributed by atoms with Crippen molar-refractivity contribution >= 4 is 0 Å². The zero-order valence-electron chi connectivity index (χ0n) is 4.87. The molecular formula is C4H11NNiO2. The van der Waals surface area contributed by atoms with Crippen molar-refractivity contribution in [3.05, 3.63) is 0 Å². The van der Waals surface area contributed by atoms with Gasteiger partial charge >= 0.3 is 0 Å². The fourth-order valence-electron chi connectivity index (χ4n) is 0.349. The average Bonchev–Trinajstić information content (AvgIpc) is 1.27. The van der Waals surface area contributed by atoms with Crippen molar-refractivity contribution in [2.45, 2.75) is 26.3 Å². The molecule has 3 N–H and O–H groups in total. The molecule has 0 fully saturated rings. The van der Waals surface area contributed by atoms with Gasteiger partial charge in [-0.1, -0.05) is 0 Å². The van der Waals surface area contributed by atoms with E-state index in [2.05, 4.69) is 5.32 Å². The molecule has 0 aromatic heterocycles. The van der Waals surface area contributed by atoms with E-state index in [-0.39, 0.29) is 16.5 Å². The number of hydrogen-bond acceptors (Lipinski definition) is 3. The van der Waals surface area contributed by atoms with Crippen molar-refractivity contribution in [3.8, 4) is 0 Å². The summed E-state index contributed by atoms with van der Waals surface area (Å²) in [5.74, 6) is 0. The second-order valence-electron chi connectivity index (χ2n) is 1.52. The summed E-state index contributed by atoms with van der Waals surface area (Å²) in [6.45, 7) is 3.10. The van der Waals surface area contributed by atoms with Crippen LogP contribution in [0.3, 0.4) is 0 Å². The van der Waals surface area contributed by atoms with Gasteiger partial charge in [-0.2, -0.15) is 0 Å². The number of rotatable bonds is 2. The van der Waals surface area contributed by atoms with E-state index < -0.39 is 12.5 Å². The molecule has 0 aromatic carbocycles. The van der Waals surface area contributed by atoms with Gasteiger partial charge in [-0.25, -0.2) is 0 Å². The Morgan fingerprint density at radius 2 is 1.38 bits per heavy atom. The summed E-state index contributed by atoms with van der Waals surface area (Å²) in [6.07, 6.45) is -1.25. The van der Waals surface area contributed by atoms with E-state index >= 15 is 0 Å². The molecule has 3 nitrogen and oxygen atoms in total. The third-order valence-corrected chi connectivity index (χ3v) is 0.482. The normalized spacial score (nSPS) is 16.5. The predicted octanol–water partition coefficient (Wildman–Crippen LogP) is -0.750. The molecule has 0 saturated heterocycles. The largest absolute Gasteiger partial charge is 0.379 e. The minimum Gasteiger partial charge on any atom is -0.379 e. The van der Waals surface area contributed by atoms with E-state index in [1.165, 1.54) is 0 Å². The molecule has 8 heavy (non-hydrogen) atoms. The zero-order chi connectivity index (χ0) is 5.86. The Balaban J connectivity index is 0. The van der Waals surface area contributed by atoms with Crippen LogP contribution in [0.2, 0.25) is 0 Å². The molecule has 0 radical (unpaired) electrons. The van der Waals surface area contributed by atoms with Crippen molar-refractivity contribution in [1.82, 2.24) is 5.32 Å². The molecular weight excluding hydrogens is 153 g/mol. The van der Waals surface area contributed by atoms with Gasteiger partial charge in [0.15, 0.2) is 0 Å². The van der Waals surface area contributed by atoms with Crippen LogP contribution in [0, 0.1) is 0 Å². The molecule has 0 heterocycles. The van der Waals surface area contributed by atoms with Gasteiger partial charge in [-0.15, -0.1) is 0 Å². The Kier molecular flexibility index (Phi) is 7.72. The molecule has 0 rings (SSSR count). The molecule has 0 bridgehead atoms. The Morgan fingerprint density at radius 1 is 1.12 bits per heavy atom. The Hall–Kier alpha value is 0.374. The molecule has 0 aromatic rings. The van der Waals surface area contributed by atoms with E-state index in [1.807, 2.05) is 0 Å². The van der Waals surface area contributed by atoms with Crippen molar-refractivity contribution in [3.63, 3.8) is 0 Å². The van der Waals surface area contributed by atoms with Gasteiger partial charge in [0.1, 0.15) is 12.5 Å². The first-order valence-electron chi connectivity index (χ1n) is 2.25. The number of aliphatic hydroxyl groups excluding tert-OH is 2. The summed E-state index contributed by atoms with van der Waals surface area (Å²) < 4.78 is 0. The van der Waals surface area contributed by atoms with Crippen LogP contribution in [0.25, 0.3) is 0 Å². The van der Waals surface area contributed by atoms with Crippen LogP contribution in [0.4, 0.5) is 0 Å². The molecule has 2 atom stereocenters. The average molecular weight is 164 g/mol. The van der Waals surface area contributed by atoms with E-state index in [4.69, 9.17) is 10.2 Å². The second kappa shape index (κ2) is 5.51. The van der Waals surface area contributed by atoms with E-state index in [0.29, 0.717) is 0 Å². The van der Waals surface area contributed by atoms with Gasteiger partial charge < -0.3 is 10.2 Å². The third-order valence-electron chi connectivity index (χ3n) is 0.482. The van der Waals surface area contributed by atoms with Gasteiger partial charge in [0.2, 0.25) is 0 Å². The first-order chi connectivity index (χ1) is 3.13. The Labute approximate surface area is 59.0 Å². The third kappa shape index (κ3) is 9.62. The molecule has 0 aliphatic heterocycles. The molecule has 2 unspecified atom stereocenters. The maximum absolute atomic E-state index is 8.45. The van der Waals surface area contributed by atoms with Crippen molar-refractivity contribution in [2.24, 2.45) is 0 Å². The summed E-state index contributed by atoms with van der Waals surface area (Å²) in [6, 6.07) is 0.